The first-order valence-electron chi connectivity index (χ1n) is 5.71. The second kappa shape index (κ2) is 5.87. The predicted molar refractivity (Wildman–Crippen MR) is 74.2 cm³/mol. The lowest BCUT2D eigenvalue weighted by Crippen LogP contribution is -2.07. The van der Waals surface area contributed by atoms with E-state index in [9.17, 15) is 0 Å². The molecule has 4 heteroatoms. The molecule has 2 aromatic rings. The molecule has 0 unspecified atom stereocenters. The van der Waals surface area contributed by atoms with E-state index < -0.39 is 0 Å². The van der Waals surface area contributed by atoms with Crippen LogP contribution in [0.15, 0.2) is 47.1 Å². The first kappa shape index (κ1) is 12.9. The Morgan fingerprint density at radius 3 is 2.50 bits per heavy atom. The van der Waals surface area contributed by atoms with Crippen molar-refractivity contribution in [3.63, 3.8) is 0 Å². The number of para-hydroxylation sites is 1. The summed E-state index contributed by atoms with van der Waals surface area (Å²) in [6.07, 6.45) is 1.76. The van der Waals surface area contributed by atoms with Crippen LogP contribution in [0, 0.1) is 0 Å². The lowest BCUT2D eigenvalue weighted by Gasteiger charge is -2.13. The van der Waals surface area contributed by atoms with E-state index in [1.807, 2.05) is 50.2 Å². The number of aromatic nitrogens is 1. The van der Waals surface area contributed by atoms with E-state index >= 15 is 0 Å². The molecular formula is C14H14BrNO2. The summed E-state index contributed by atoms with van der Waals surface area (Å²) in [7, 11) is 0. The van der Waals surface area contributed by atoms with Crippen LogP contribution < -0.4 is 9.47 Å². The first-order valence-corrected chi connectivity index (χ1v) is 6.50. The van der Waals surface area contributed by atoms with Gasteiger partial charge in [-0.2, -0.15) is 0 Å². The highest BCUT2D eigenvalue weighted by Crippen LogP contribution is 2.33. The standard InChI is InChI=1S/C14H14BrNO2/c1-10(2)17-13-8-5-9-16-14(13)18-12-7-4-3-6-11(12)15/h3-10H,1-2H3. The van der Waals surface area contributed by atoms with Crippen molar-refractivity contribution in [2.45, 2.75) is 20.0 Å². The molecular weight excluding hydrogens is 294 g/mol. The van der Waals surface area contributed by atoms with E-state index in [0.29, 0.717) is 17.4 Å². The minimum Gasteiger partial charge on any atom is -0.485 e. The van der Waals surface area contributed by atoms with Gasteiger partial charge in [0.05, 0.1) is 10.6 Å². The van der Waals surface area contributed by atoms with Crippen LogP contribution in [0.3, 0.4) is 0 Å². The van der Waals surface area contributed by atoms with Gasteiger partial charge < -0.3 is 9.47 Å². The summed E-state index contributed by atoms with van der Waals surface area (Å²) in [5, 5.41) is 0. The summed E-state index contributed by atoms with van der Waals surface area (Å²) in [6.45, 7) is 3.93. The monoisotopic (exact) mass is 307 g/mol. The van der Waals surface area contributed by atoms with Crippen molar-refractivity contribution in [1.82, 2.24) is 4.98 Å². The zero-order valence-electron chi connectivity index (χ0n) is 10.3. The van der Waals surface area contributed by atoms with Crippen LogP contribution in [0.25, 0.3) is 0 Å². The average Bonchev–Trinajstić information content (AvgIpc) is 2.34. The van der Waals surface area contributed by atoms with Gasteiger partial charge in [0.2, 0.25) is 0 Å². The normalized spacial score (nSPS) is 10.4. The van der Waals surface area contributed by atoms with Gasteiger partial charge in [-0.1, -0.05) is 12.1 Å². The summed E-state index contributed by atoms with van der Waals surface area (Å²) in [6, 6.07) is 11.3. The number of hydrogen-bond acceptors (Lipinski definition) is 3. The quantitative estimate of drug-likeness (QED) is 0.837. The molecule has 0 bridgehead atoms. The number of hydrogen-bond donors (Lipinski definition) is 0. The van der Waals surface area contributed by atoms with Crippen LogP contribution in [0.5, 0.6) is 17.4 Å². The van der Waals surface area contributed by atoms with Gasteiger partial charge in [-0.15, -0.1) is 0 Å². The molecule has 0 N–H and O–H groups in total. The molecule has 0 aliphatic rings. The average molecular weight is 308 g/mol. The van der Waals surface area contributed by atoms with Crippen LogP contribution in [0.2, 0.25) is 0 Å². The van der Waals surface area contributed by atoms with Crippen LogP contribution in [-0.4, -0.2) is 11.1 Å². The Balaban J connectivity index is 2.26. The maximum Gasteiger partial charge on any atom is 0.262 e. The predicted octanol–water partition coefficient (Wildman–Crippen LogP) is 4.42. The molecule has 1 aromatic carbocycles. The maximum atomic E-state index is 5.76. The van der Waals surface area contributed by atoms with Gasteiger partial charge in [-0.05, 0) is 54.0 Å². The highest BCUT2D eigenvalue weighted by molar-refractivity contribution is 9.10. The Bertz CT molecular complexity index is 529. The molecule has 1 aromatic heterocycles. The largest absolute Gasteiger partial charge is 0.485 e. The Kier molecular flexibility index (Phi) is 4.20. The van der Waals surface area contributed by atoms with Crippen LogP contribution in [0.4, 0.5) is 0 Å². The molecule has 0 aliphatic heterocycles. The number of rotatable bonds is 4. The fraction of sp³-hybridized carbons (Fsp3) is 0.214. The number of pyridine rings is 1. The van der Waals surface area contributed by atoms with E-state index in [2.05, 4.69) is 20.9 Å². The lowest BCUT2D eigenvalue weighted by atomic mass is 10.3. The molecule has 3 nitrogen and oxygen atoms in total. The van der Waals surface area contributed by atoms with Crippen LogP contribution >= 0.6 is 15.9 Å². The number of benzene rings is 1. The molecule has 2 rings (SSSR count). The van der Waals surface area contributed by atoms with E-state index in [4.69, 9.17) is 9.47 Å². The Labute approximate surface area is 115 Å². The molecule has 18 heavy (non-hydrogen) atoms. The molecule has 94 valence electrons. The minimum absolute atomic E-state index is 0.0794. The van der Waals surface area contributed by atoms with E-state index in [1.54, 1.807) is 6.20 Å². The van der Waals surface area contributed by atoms with Crippen LogP contribution in [0.1, 0.15) is 13.8 Å². The molecule has 0 aliphatic carbocycles. The zero-order valence-corrected chi connectivity index (χ0v) is 11.8. The van der Waals surface area contributed by atoms with Crippen molar-refractivity contribution in [3.05, 3.63) is 47.1 Å². The van der Waals surface area contributed by atoms with Crippen molar-refractivity contribution in [1.29, 1.82) is 0 Å². The molecule has 0 atom stereocenters. The third kappa shape index (κ3) is 3.23. The summed E-state index contributed by atoms with van der Waals surface area (Å²) < 4.78 is 12.3. The second-order valence-electron chi connectivity index (χ2n) is 4.01. The molecule has 0 saturated heterocycles. The molecule has 0 radical (unpaired) electrons. The number of nitrogens with zero attached hydrogens (tertiary/aromatic N) is 1. The highest BCUT2D eigenvalue weighted by atomic mass is 79.9. The summed E-state index contributed by atoms with van der Waals surface area (Å²) in [5.74, 6) is 1.83. The third-order valence-electron chi connectivity index (χ3n) is 2.14. The van der Waals surface area contributed by atoms with Crippen LogP contribution in [-0.2, 0) is 0 Å². The third-order valence-corrected chi connectivity index (χ3v) is 2.80. The SMILES string of the molecule is CC(C)Oc1cccnc1Oc1ccccc1Br. The molecule has 0 saturated carbocycles. The Hall–Kier alpha value is -1.55. The Morgan fingerprint density at radius 2 is 1.78 bits per heavy atom. The molecule has 0 spiro atoms. The van der Waals surface area contributed by atoms with E-state index in [-0.39, 0.29) is 6.10 Å². The summed E-state index contributed by atoms with van der Waals surface area (Å²) in [4.78, 5) is 4.20. The minimum atomic E-state index is 0.0794. The van der Waals surface area contributed by atoms with E-state index in [1.165, 1.54) is 0 Å². The van der Waals surface area contributed by atoms with Gasteiger partial charge in [-0.25, -0.2) is 4.98 Å². The van der Waals surface area contributed by atoms with Crippen molar-refractivity contribution >= 4 is 15.9 Å². The lowest BCUT2D eigenvalue weighted by molar-refractivity contribution is 0.231. The van der Waals surface area contributed by atoms with Gasteiger partial charge in [0, 0.05) is 6.20 Å². The van der Waals surface area contributed by atoms with Gasteiger partial charge >= 0.3 is 0 Å². The van der Waals surface area contributed by atoms with E-state index in [0.717, 1.165) is 4.47 Å². The van der Waals surface area contributed by atoms with Crippen molar-refractivity contribution < 1.29 is 9.47 Å². The van der Waals surface area contributed by atoms with Gasteiger partial charge in [0.25, 0.3) is 5.88 Å². The first-order chi connectivity index (χ1) is 8.66. The number of ether oxygens (including phenoxy) is 2. The summed E-state index contributed by atoms with van der Waals surface area (Å²) in [5.41, 5.74) is 0. The molecule has 1 heterocycles. The fourth-order valence-electron chi connectivity index (χ4n) is 1.43. The molecule has 0 amide bonds. The van der Waals surface area contributed by atoms with Crippen molar-refractivity contribution in [3.8, 4) is 17.4 Å². The smallest absolute Gasteiger partial charge is 0.262 e. The Morgan fingerprint density at radius 1 is 1.06 bits per heavy atom. The van der Waals surface area contributed by atoms with Crippen molar-refractivity contribution in [2.75, 3.05) is 0 Å². The topological polar surface area (TPSA) is 31.4 Å². The maximum absolute atomic E-state index is 5.76. The number of halogens is 1. The fourth-order valence-corrected chi connectivity index (χ4v) is 1.79. The summed E-state index contributed by atoms with van der Waals surface area (Å²) >= 11 is 3.44. The molecule has 0 fully saturated rings. The second-order valence-corrected chi connectivity index (χ2v) is 4.86. The van der Waals surface area contributed by atoms with Crippen molar-refractivity contribution in [2.24, 2.45) is 0 Å². The van der Waals surface area contributed by atoms with Gasteiger partial charge in [0.15, 0.2) is 5.75 Å². The van der Waals surface area contributed by atoms with Gasteiger partial charge in [-0.3, -0.25) is 0 Å². The van der Waals surface area contributed by atoms with Gasteiger partial charge in [0.1, 0.15) is 5.75 Å². The zero-order chi connectivity index (χ0) is 13.0. The highest BCUT2D eigenvalue weighted by Gasteiger charge is 2.10.